The molecule has 0 bridgehead atoms. The first-order valence-corrected chi connectivity index (χ1v) is 6.85. The van der Waals surface area contributed by atoms with Crippen molar-refractivity contribution in [3.8, 4) is 0 Å². The summed E-state index contributed by atoms with van der Waals surface area (Å²) in [6.45, 7) is 0.432. The highest BCUT2D eigenvalue weighted by atomic mass is 79.9. The van der Waals surface area contributed by atoms with Crippen LogP contribution < -0.4 is 5.32 Å². The van der Waals surface area contributed by atoms with Gasteiger partial charge in [0, 0.05) is 16.7 Å². The zero-order valence-electron chi connectivity index (χ0n) is 10.2. The third kappa shape index (κ3) is 3.49. The maximum atomic E-state index is 13.3. The molecule has 0 radical (unpaired) electrons. The Morgan fingerprint density at radius 1 is 1.30 bits per heavy atom. The van der Waals surface area contributed by atoms with E-state index in [4.69, 9.17) is 16.7 Å². The molecule has 2 aromatic carbocycles. The number of benzene rings is 2. The van der Waals surface area contributed by atoms with E-state index in [1.54, 1.807) is 12.1 Å². The van der Waals surface area contributed by atoms with Crippen LogP contribution in [0.4, 0.5) is 10.1 Å². The van der Waals surface area contributed by atoms with Gasteiger partial charge in [-0.1, -0.05) is 33.6 Å². The van der Waals surface area contributed by atoms with Gasteiger partial charge >= 0.3 is 5.97 Å². The Bertz CT molecular complexity index is 664. The van der Waals surface area contributed by atoms with Gasteiger partial charge in [0.05, 0.1) is 10.6 Å². The lowest BCUT2D eigenvalue weighted by Gasteiger charge is -2.09. The Balaban J connectivity index is 2.10. The van der Waals surface area contributed by atoms with E-state index in [1.807, 2.05) is 0 Å². The fourth-order valence-electron chi connectivity index (χ4n) is 1.63. The molecule has 0 aliphatic carbocycles. The number of anilines is 1. The van der Waals surface area contributed by atoms with Crippen LogP contribution >= 0.6 is 27.5 Å². The van der Waals surface area contributed by atoms with Crippen LogP contribution in [-0.4, -0.2) is 11.1 Å². The monoisotopic (exact) mass is 357 g/mol. The molecule has 0 aliphatic heterocycles. The van der Waals surface area contributed by atoms with Crippen molar-refractivity contribution in [1.29, 1.82) is 0 Å². The van der Waals surface area contributed by atoms with Gasteiger partial charge in [0.1, 0.15) is 5.82 Å². The summed E-state index contributed by atoms with van der Waals surface area (Å²) in [7, 11) is 0. The summed E-state index contributed by atoms with van der Waals surface area (Å²) < 4.78 is 14.0. The van der Waals surface area contributed by atoms with E-state index in [2.05, 4.69) is 21.2 Å². The normalized spacial score (nSPS) is 10.3. The molecule has 3 nitrogen and oxygen atoms in total. The van der Waals surface area contributed by atoms with Crippen molar-refractivity contribution < 1.29 is 14.3 Å². The van der Waals surface area contributed by atoms with Crippen LogP contribution in [0, 0.1) is 5.82 Å². The van der Waals surface area contributed by atoms with Crippen molar-refractivity contribution in [2.45, 2.75) is 6.54 Å². The first kappa shape index (κ1) is 14.8. The average molecular weight is 359 g/mol. The van der Waals surface area contributed by atoms with Gasteiger partial charge in [-0.15, -0.1) is 0 Å². The molecule has 0 aromatic heterocycles. The minimum absolute atomic E-state index is 0.0718. The van der Waals surface area contributed by atoms with Gasteiger partial charge in [0.25, 0.3) is 0 Å². The molecule has 0 spiro atoms. The molecule has 0 heterocycles. The Morgan fingerprint density at radius 2 is 2.05 bits per heavy atom. The third-order valence-corrected chi connectivity index (χ3v) is 3.75. The Labute approximate surface area is 128 Å². The number of aromatic carboxylic acids is 1. The average Bonchev–Trinajstić information content (AvgIpc) is 2.41. The van der Waals surface area contributed by atoms with E-state index >= 15 is 0 Å². The number of hydrogen-bond acceptors (Lipinski definition) is 2. The fraction of sp³-hybridized carbons (Fsp3) is 0.0714. The summed E-state index contributed by atoms with van der Waals surface area (Å²) in [4.78, 5) is 10.8. The van der Waals surface area contributed by atoms with Crippen LogP contribution in [0.15, 0.2) is 40.9 Å². The lowest BCUT2D eigenvalue weighted by atomic mass is 10.1. The zero-order chi connectivity index (χ0) is 14.7. The number of carboxylic acid groups (broad SMARTS) is 1. The van der Waals surface area contributed by atoms with Gasteiger partial charge in [-0.3, -0.25) is 0 Å². The minimum Gasteiger partial charge on any atom is -0.478 e. The summed E-state index contributed by atoms with van der Waals surface area (Å²) >= 11 is 8.92. The standard InChI is InChI=1S/C14H10BrClFNO2/c15-11-5-8(14(19)20)1-2-9(11)7-18-10-3-4-12(16)13(17)6-10/h1-6,18H,7H2,(H,19,20). The third-order valence-electron chi connectivity index (χ3n) is 2.70. The van der Waals surface area contributed by atoms with Gasteiger partial charge in [-0.05, 0) is 35.9 Å². The summed E-state index contributed by atoms with van der Waals surface area (Å²) in [6, 6.07) is 9.20. The first-order chi connectivity index (χ1) is 9.47. The second-order valence-electron chi connectivity index (χ2n) is 4.09. The second-order valence-corrected chi connectivity index (χ2v) is 5.36. The Kier molecular flexibility index (Phi) is 4.62. The number of carboxylic acids is 1. The molecule has 0 saturated heterocycles. The van der Waals surface area contributed by atoms with Gasteiger partial charge < -0.3 is 10.4 Å². The van der Waals surface area contributed by atoms with E-state index in [0.29, 0.717) is 16.7 Å². The number of carbonyl (C=O) groups is 1. The molecular weight excluding hydrogens is 349 g/mol. The molecule has 0 aliphatic rings. The molecular formula is C14H10BrClFNO2. The summed E-state index contributed by atoms with van der Waals surface area (Å²) in [5.41, 5.74) is 1.67. The predicted molar refractivity (Wildman–Crippen MR) is 79.8 cm³/mol. The van der Waals surface area contributed by atoms with Gasteiger partial charge in [-0.2, -0.15) is 0 Å². The number of hydrogen-bond donors (Lipinski definition) is 2. The first-order valence-electron chi connectivity index (χ1n) is 5.68. The van der Waals surface area contributed by atoms with Crippen molar-refractivity contribution in [1.82, 2.24) is 0 Å². The molecule has 0 saturated carbocycles. The van der Waals surface area contributed by atoms with Crippen molar-refractivity contribution >= 4 is 39.2 Å². The number of rotatable bonds is 4. The molecule has 0 unspecified atom stereocenters. The molecule has 0 amide bonds. The largest absolute Gasteiger partial charge is 0.478 e. The number of nitrogens with one attached hydrogen (secondary N) is 1. The maximum absolute atomic E-state index is 13.3. The van der Waals surface area contributed by atoms with Crippen LogP contribution in [0.25, 0.3) is 0 Å². The van der Waals surface area contributed by atoms with Crippen LogP contribution in [0.1, 0.15) is 15.9 Å². The molecule has 6 heteroatoms. The summed E-state index contributed by atoms with van der Waals surface area (Å²) in [5.74, 6) is -1.47. The summed E-state index contributed by atoms with van der Waals surface area (Å²) in [5, 5.41) is 12.0. The summed E-state index contributed by atoms with van der Waals surface area (Å²) in [6.07, 6.45) is 0. The van der Waals surface area contributed by atoms with E-state index in [-0.39, 0.29) is 10.6 Å². The SMILES string of the molecule is O=C(O)c1ccc(CNc2ccc(Cl)c(F)c2)c(Br)c1. The molecule has 0 atom stereocenters. The smallest absolute Gasteiger partial charge is 0.335 e. The molecule has 2 N–H and O–H groups in total. The topological polar surface area (TPSA) is 49.3 Å². The van der Waals surface area contributed by atoms with Crippen molar-refractivity contribution in [3.05, 3.63) is 62.8 Å². The molecule has 2 aromatic rings. The highest BCUT2D eigenvalue weighted by Gasteiger charge is 2.07. The van der Waals surface area contributed by atoms with Crippen LogP contribution in [0.5, 0.6) is 0 Å². The Morgan fingerprint density at radius 3 is 2.65 bits per heavy atom. The quantitative estimate of drug-likeness (QED) is 0.843. The van der Waals surface area contributed by atoms with Gasteiger partial charge in [0.2, 0.25) is 0 Å². The van der Waals surface area contributed by atoms with E-state index in [9.17, 15) is 9.18 Å². The Hall–Kier alpha value is -1.59. The zero-order valence-corrected chi connectivity index (χ0v) is 12.5. The fourth-order valence-corrected chi connectivity index (χ4v) is 2.26. The molecule has 20 heavy (non-hydrogen) atoms. The van der Waals surface area contributed by atoms with Crippen LogP contribution in [0.3, 0.4) is 0 Å². The predicted octanol–water partition coefficient (Wildman–Crippen LogP) is 4.55. The lowest BCUT2D eigenvalue weighted by molar-refractivity contribution is 0.0697. The van der Waals surface area contributed by atoms with Crippen molar-refractivity contribution in [3.63, 3.8) is 0 Å². The minimum atomic E-state index is -0.981. The van der Waals surface area contributed by atoms with E-state index < -0.39 is 11.8 Å². The maximum Gasteiger partial charge on any atom is 0.335 e. The van der Waals surface area contributed by atoms with E-state index in [0.717, 1.165) is 5.56 Å². The highest BCUT2D eigenvalue weighted by Crippen LogP contribution is 2.22. The second kappa shape index (κ2) is 6.24. The van der Waals surface area contributed by atoms with E-state index in [1.165, 1.54) is 24.3 Å². The molecule has 104 valence electrons. The van der Waals surface area contributed by atoms with Gasteiger partial charge in [-0.25, -0.2) is 9.18 Å². The molecule has 2 rings (SSSR count). The van der Waals surface area contributed by atoms with Crippen molar-refractivity contribution in [2.75, 3.05) is 5.32 Å². The van der Waals surface area contributed by atoms with Gasteiger partial charge in [0.15, 0.2) is 0 Å². The van der Waals surface area contributed by atoms with Crippen LogP contribution in [-0.2, 0) is 6.54 Å². The lowest BCUT2D eigenvalue weighted by Crippen LogP contribution is -2.02. The highest BCUT2D eigenvalue weighted by molar-refractivity contribution is 9.10. The van der Waals surface area contributed by atoms with Crippen LogP contribution in [0.2, 0.25) is 5.02 Å². The molecule has 0 fully saturated rings. The number of halogens is 3. The van der Waals surface area contributed by atoms with Crippen molar-refractivity contribution in [2.24, 2.45) is 0 Å².